The number of amides is 7. The SMILES string of the molecule is CN1C(=O)N(CC2COC2)C2(CC3(CCC(N4C(=O)CC(=O)N(CC5CCCC5)C4=O)CC3)C2)C1=O. The molecule has 36 heavy (non-hydrogen) atoms. The second kappa shape index (κ2) is 8.53. The van der Waals surface area contributed by atoms with Crippen LogP contribution < -0.4 is 0 Å². The number of imide groups is 3. The average Bonchev–Trinajstić information content (AvgIpc) is 3.37. The van der Waals surface area contributed by atoms with Crippen molar-refractivity contribution in [3.05, 3.63) is 0 Å². The molecule has 0 unspecified atom stereocenters. The van der Waals surface area contributed by atoms with Crippen molar-refractivity contribution >= 4 is 29.8 Å². The van der Waals surface area contributed by atoms with Crippen LogP contribution in [0.2, 0.25) is 0 Å². The van der Waals surface area contributed by atoms with E-state index in [4.69, 9.17) is 4.74 Å². The highest BCUT2D eigenvalue weighted by molar-refractivity contribution is 6.14. The standard InChI is InChI=1S/C26H36N4O6/c1-27-22(33)26(29(23(27)34)12-18-13-36-14-18)15-25(16-26)8-6-19(7-9-25)30-21(32)10-20(31)28(24(30)35)11-17-4-2-3-5-17/h17-19H,2-16H2,1H3. The molecule has 6 fully saturated rings. The van der Waals surface area contributed by atoms with Crippen LogP contribution in [0.25, 0.3) is 0 Å². The number of urea groups is 2. The summed E-state index contributed by atoms with van der Waals surface area (Å²) in [5.74, 6) is -0.239. The monoisotopic (exact) mass is 500 g/mol. The highest BCUT2D eigenvalue weighted by Crippen LogP contribution is 2.61. The molecule has 3 saturated heterocycles. The first-order valence-corrected chi connectivity index (χ1v) is 13.6. The van der Waals surface area contributed by atoms with Gasteiger partial charge >= 0.3 is 12.1 Å². The van der Waals surface area contributed by atoms with E-state index < -0.39 is 11.6 Å². The Hall–Kier alpha value is -2.49. The number of ether oxygens (including phenoxy) is 1. The van der Waals surface area contributed by atoms with E-state index in [1.807, 2.05) is 0 Å². The molecule has 6 aliphatic rings. The third-order valence-corrected chi connectivity index (χ3v) is 9.83. The van der Waals surface area contributed by atoms with E-state index >= 15 is 0 Å². The maximum Gasteiger partial charge on any atom is 0.333 e. The van der Waals surface area contributed by atoms with Gasteiger partial charge in [0.15, 0.2) is 0 Å². The lowest BCUT2D eigenvalue weighted by Crippen LogP contribution is -2.66. The molecule has 0 aromatic heterocycles. The predicted molar refractivity (Wildman–Crippen MR) is 126 cm³/mol. The Kier molecular flexibility index (Phi) is 5.66. The van der Waals surface area contributed by atoms with Crippen molar-refractivity contribution in [1.29, 1.82) is 0 Å². The molecule has 0 aromatic carbocycles. The maximum atomic E-state index is 13.3. The van der Waals surface area contributed by atoms with Crippen LogP contribution in [0.3, 0.4) is 0 Å². The molecule has 3 aliphatic heterocycles. The molecule has 0 aromatic rings. The van der Waals surface area contributed by atoms with Gasteiger partial charge in [0, 0.05) is 32.1 Å². The van der Waals surface area contributed by atoms with Gasteiger partial charge in [0.2, 0.25) is 11.8 Å². The van der Waals surface area contributed by atoms with Crippen molar-refractivity contribution in [2.45, 2.75) is 82.2 Å². The van der Waals surface area contributed by atoms with Gasteiger partial charge in [0.25, 0.3) is 5.91 Å². The summed E-state index contributed by atoms with van der Waals surface area (Å²) in [5, 5.41) is 0. The molecule has 3 heterocycles. The van der Waals surface area contributed by atoms with Gasteiger partial charge in [0.05, 0.1) is 13.2 Å². The van der Waals surface area contributed by atoms with Gasteiger partial charge in [-0.3, -0.25) is 29.1 Å². The Morgan fingerprint density at radius 3 is 2.11 bits per heavy atom. The fourth-order valence-corrected chi connectivity index (χ4v) is 7.78. The largest absolute Gasteiger partial charge is 0.381 e. The second-order valence-electron chi connectivity index (χ2n) is 12.2. The Balaban J connectivity index is 1.11. The minimum Gasteiger partial charge on any atom is -0.381 e. The van der Waals surface area contributed by atoms with E-state index in [1.165, 1.54) is 14.7 Å². The highest BCUT2D eigenvalue weighted by atomic mass is 16.5. The maximum absolute atomic E-state index is 13.3. The summed E-state index contributed by atoms with van der Waals surface area (Å²) in [6, 6.07) is -0.869. The molecule has 3 saturated carbocycles. The summed E-state index contributed by atoms with van der Waals surface area (Å²) >= 11 is 0. The van der Waals surface area contributed by atoms with E-state index in [-0.39, 0.29) is 47.5 Å². The number of hydrogen-bond donors (Lipinski definition) is 0. The molecular weight excluding hydrogens is 464 g/mol. The Bertz CT molecular complexity index is 986. The van der Waals surface area contributed by atoms with Crippen LogP contribution in [0.1, 0.15) is 70.6 Å². The molecule has 2 spiro atoms. The van der Waals surface area contributed by atoms with Gasteiger partial charge in [-0.2, -0.15) is 0 Å². The molecule has 6 rings (SSSR count). The fraction of sp³-hybridized carbons (Fsp3) is 0.808. The molecule has 0 N–H and O–H groups in total. The quantitative estimate of drug-likeness (QED) is 0.424. The lowest BCUT2D eigenvalue weighted by Gasteiger charge is -2.59. The molecule has 3 aliphatic carbocycles. The summed E-state index contributed by atoms with van der Waals surface area (Å²) in [5.41, 5.74) is -0.803. The van der Waals surface area contributed by atoms with Crippen LogP contribution in [-0.2, 0) is 19.1 Å². The zero-order chi connectivity index (χ0) is 25.2. The third kappa shape index (κ3) is 3.58. The molecule has 10 heteroatoms. The van der Waals surface area contributed by atoms with Crippen molar-refractivity contribution in [2.24, 2.45) is 17.3 Å². The number of hydrogen-bond acceptors (Lipinski definition) is 6. The summed E-state index contributed by atoms with van der Waals surface area (Å²) in [6.07, 6.45) is 8.33. The summed E-state index contributed by atoms with van der Waals surface area (Å²) in [6.45, 7) is 2.23. The van der Waals surface area contributed by atoms with Crippen LogP contribution in [0.15, 0.2) is 0 Å². The molecule has 10 nitrogen and oxygen atoms in total. The van der Waals surface area contributed by atoms with E-state index in [0.29, 0.717) is 57.9 Å². The number of barbiturate groups is 1. The van der Waals surface area contributed by atoms with Gasteiger partial charge in [-0.05, 0) is 62.7 Å². The Morgan fingerprint density at radius 1 is 0.833 bits per heavy atom. The van der Waals surface area contributed by atoms with Gasteiger partial charge in [-0.15, -0.1) is 0 Å². The molecule has 0 radical (unpaired) electrons. The predicted octanol–water partition coefficient (Wildman–Crippen LogP) is 2.36. The van der Waals surface area contributed by atoms with Gasteiger partial charge < -0.3 is 9.64 Å². The summed E-state index contributed by atoms with van der Waals surface area (Å²) < 4.78 is 5.28. The summed E-state index contributed by atoms with van der Waals surface area (Å²) in [7, 11) is 1.57. The Morgan fingerprint density at radius 2 is 1.50 bits per heavy atom. The zero-order valence-corrected chi connectivity index (χ0v) is 21.1. The number of rotatable bonds is 5. The Labute approximate surface area is 211 Å². The van der Waals surface area contributed by atoms with Crippen LogP contribution >= 0.6 is 0 Å². The minimum absolute atomic E-state index is 0.0484. The van der Waals surface area contributed by atoms with Crippen LogP contribution in [0.5, 0.6) is 0 Å². The van der Waals surface area contributed by atoms with Gasteiger partial charge in [-0.1, -0.05) is 12.8 Å². The van der Waals surface area contributed by atoms with E-state index in [2.05, 4.69) is 0 Å². The number of likely N-dealkylation sites (N-methyl/N-ethyl adjacent to an activating group) is 1. The first-order chi connectivity index (χ1) is 17.2. The highest BCUT2D eigenvalue weighted by Gasteiger charge is 2.68. The van der Waals surface area contributed by atoms with Crippen molar-refractivity contribution in [2.75, 3.05) is 33.4 Å². The lowest BCUT2D eigenvalue weighted by molar-refractivity contribution is -0.154. The normalized spacial score (nSPS) is 36.0. The lowest BCUT2D eigenvalue weighted by atomic mass is 9.51. The van der Waals surface area contributed by atoms with Crippen molar-refractivity contribution in [3.63, 3.8) is 0 Å². The first-order valence-electron chi connectivity index (χ1n) is 13.6. The zero-order valence-electron chi connectivity index (χ0n) is 21.1. The molecule has 7 amide bonds. The number of nitrogens with zero attached hydrogens (tertiary/aromatic N) is 4. The van der Waals surface area contributed by atoms with Gasteiger partial charge in [0.1, 0.15) is 12.0 Å². The van der Waals surface area contributed by atoms with Gasteiger partial charge in [-0.25, -0.2) is 9.59 Å². The third-order valence-electron chi connectivity index (χ3n) is 9.83. The number of carbonyl (C=O) groups is 5. The minimum atomic E-state index is -0.754. The van der Waals surface area contributed by atoms with Crippen LogP contribution in [-0.4, -0.2) is 94.3 Å². The number of carbonyl (C=O) groups excluding carboxylic acids is 5. The van der Waals surface area contributed by atoms with Crippen LogP contribution in [0.4, 0.5) is 9.59 Å². The average molecular weight is 501 g/mol. The smallest absolute Gasteiger partial charge is 0.333 e. The first kappa shape index (κ1) is 23.9. The van der Waals surface area contributed by atoms with Crippen LogP contribution in [0, 0.1) is 17.3 Å². The van der Waals surface area contributed by atoms with Crippen molar-refractivity contribution < 1.29 is 28.7 Å². The topological polar surface area (TPSA) is 108 Å². The molecule has 0 atom stereocenters. The molecular formula is C26H36N4O6. The molecule has 0 bridgehead atoms. The van der Waals surface area contributed by atoms with Crippen molar-refractivity contribution in [3.8, 4) is 0 Å². The van der Waals surface area contributed by atoms with E-state index in [0.717, 1.165) is 38.5 Å². The summed E-state index contributed by atoms with van der Waals surface area (Å²) in [4.78, 5) is 70.3. The van der Waals surface area contributed by atoms with E-state index in [1.54, 1.807) is 11.9 Å². The second-order valence-corrected chi connectivity index (χ2v) is 12.2. The fourth-order valence-electron chi connectivity index (χ4n) is 7.78. The van der Waals surface area contributed by atoms with Crippen molar-refractivity contribution in [1.82, 2.24) is 19.6 Å². The van der Waals surface area contributed by atoms with E-state index in [9.17, 15) is 24.0 Å². The molecule has 196 valence electrons.